The molecule has 5 nitrogen and oxygen atoms in total. The number of benzene rings is 1. The van der Waals surface area contributed by atoms with Crippen LogP contribution in [-0.4, -0.2) is 40.4 Å². The maximum absolute atomic E-state index is 13.4. The lowest BCUT2D eigenvalue weighted by atomic mass is 9.92. The van der Waals surface area contributed by atoms with Gasteiger partial charge in [-0.2, -0.15) is 13.2 Å². The average molecular weight is 485 g/mol. The first-order chi connectivity index (χ1) is 15.6. The Balaban J connectivity index is 1.73. The molecule has 1 aromatic carbocycles. The predicted molar refractivity (Wildman–Crippen MR) is 119 cm³/mol. The first-order valence-corrected chi connectivity index (χ1v) is 11.7. The number of nitrogens with one attached hydrogen (secondary N) is 1. The molecule has 180 valence electrons. The molecule has 2 fully saturated rings. The minimum atomic E-state index is -4.52. The summed E-state index contributed by atoms with van der Waals surface area (Å²) in [4.78, 5) is 13.1. The number of aromatic nitrogens is 1. The van der Waals surface area contributed by atoms with E-state index < -0.39 is 17.8 Å². The molecule has 1 aliphatic carbocycles. The number of hydrogen-bond donors (Lipinski definition) is 2. The van der Waals surface area contributed by atoms with Crippen molar-refractivity contribution in [2.45, 2.75) is 76.4 Å². The Kier molecular flexibility index (Phi) is 7.07. The normalized spacial score (nSPS) is 23.6. The number of alkyl halides is 3. The average Bonchev–Trinajstić information content (AvgIpc) is 3.38. The first-order valence-electron chi connectivity index (χ1n) is 11.3. The second-order valence-electron chi connectivity index (χ2n) is 8.90. The van der Waals surface area contributed by atoms with Crippen LogP contribution in [0.1, 0.15) is 60.1 Å². The number of amides is 1. The maximum Gasteiger partial charge on any atom is 0.416 e. The molecule has 1 aliphatic heterocycles. The molecule has 9 heteroatoms. The minimum absolute atomic E-state index is 0.0875. The van der Waals surface area contributed by atoms with E-state index in [-0.39, 0.29) is 28.6 Å². The lowest BCUT2D eigenvalue weighted by Crippen LogP contribution is -2.45. The largest absolute Gasteiger partial charge is 0.416 e. The molecule has 1 saturated heterocycles. The van der Waals surface area contributed by atoms with Crippen LogP contribution in [0.3, 0.4) is 0 Å². The third-order valence-corrected chi connectivity index (χ3v) is 6.97. The Bertz CT molecular complexity index is 1020. The van der Waals surface area contributed by atoms with Crippen molar-refractivity contribution in [3.05, 3.63) is 46.1 Å². The number of nitrogens with zero attached hydrogens (tertiary/aromatic N) is 1. The Labute approximate surface area is 195 Å². The molecule has 2 aliphatic rings. The summed E-state index contributed by atoms with van der Waals surface area (Å²) in [6.45, 7) is 2.82. The lowest BCUT2D eigenvalue weighted by Gasteiger charge is -2.28. The van der Waals surface area contributed by atoms with E-state index in [0.717, 1.165) is 37.8 Å². The molecule has 1 amide bonds. The first kappa shape index (κ1) is 24.1. The minimum Gasteiger partial charge on any atom is -0.391 e. The smallest absolute Gasteiger partial charge is 0.391 e. The summed E-state index contributed by atoms with van der Waals surface area (Å²) >= 11 is 6.34. The molecule has 2 N–H and O–H groups in total. The van der Waals surface area contributed by atoms with Gasteiger partial charge in [0.15, 0.2) is 0 Å². The zero-order chi connectivity index (χ0) is 23.8. The number of halogens is 4. The highest BCUT2D eigenvalue weighted by Crippen LogP contribution is 2.38. The molecule has 2 heterocycles. The van der Waals surface area contributed by atoms with Crippen LogP contribution in [0, 0.1) is 6.92 Å². The second-order valence-corrected chi connectivity index (χ2v) is 9.31. The lowest BCUT2D eigenvalue weighted by molar-refractivity contribution is -0.137. The molecule has 33 heavy (non-hydrogen) atoms. The van der Waals surface area contributed by atoms with Crippen LogP contribution in [0.15, 0.2) is 24.3 Å². The number of carbonyl (C=O) groups is 1. The molecule has 1 aromatic heterocycles. The summed E-state index contributed by atoms with van der Waals surface area (Å²) in [7, 11) is 0. The zero-order valence-corrected chi connectivity index (χ0v) is 19.2. The van der Waals surface area contributed by atoms with E-state index in [1.807, 2.05) is 4.57 Å². The highest BCUT2D eigenvalue weighted by molar-refractivity contribution is 6.33. The van der Waals surface area contributed by atoms with Gasteiger partial charge in [0.05, 0.1) is 35.1 Å². The molecule has 0 unspecified atom stereocenters. The molecule has 3 atom stereocenters. The molecule has 1 saturated carbocycles. The molecular weight excluding hydrogens is 457 g/mol. The van der Waals surface area contributed by atoms with Gasteiger partial charge in [0.25, 0.3) is 5.91 Å². The Morgan fingerprint density at radius 1 is 1.21 bits per heavy atom. The van der Waals surface area contributed by atoms with E-state index in [0.29, 0.717) is 42.9 Å². The summed E-state index contributed by atoms with van der Waals surface area (Å²) in [5.41, 5.74) is 0.824. The van der Waals surface area contributed by atoms with Gasteiger partial charge in [-0.05, 0) is 56.9 Å². The number of ether oxygens (including phenoxy) is 1. The summed E-state index contributed by atoms with van der Waals surface area (Å²) in [5, 5.41) is 13.3. The number of carbonyl (C=O) groups excluding carboxylic acids is 1. The van der Waals surface area contributed by atoms with Crippen LogP contribution in [0.5, 0.6) is 0 Å². The fourth-order valence-electron chi connectivity index (χ4n) is 4.75. The highest BCUT2D eigenvalue weighted by Gasteiger charge is 2.32. The SMILES string of the molecule is Cc1c(C(=O)N[C@@H]2CCCC[C@H]2O)cc(-c2cc(C(F)(F)F)ccc2Cl)n1C[C@H]1CCCO1. The summed E-state index contributed by atoms with van der Waals surface area (Å²) in [6.07, 6.45) is -0.290. The van der Waals surface area contributed by atoms with Gasteiger partial charge < -0.3 is 19.7 Å². The monoisotopic (exact) mass is 484 g/mol. The van der Waals surface area contributed by atoms with E-state index in [9.17, 15) is 23.1 Å². The maximum atomic E-state index is 13.4. The summed E-state index contributed by atoms with van der Waals surface area (Å²) < 4.78 is 47.8. The van der Waals surface area contributed by atoms with Gasteiger partial charge in [-0.3, -0.25) is 4.79 Å². The van der Waals surface area contributed by atoms with E-state index in [1.54, 1.807) is 13.0 Å². The van der Waals surface area contributed by atoms with E-state index in [2.05, 4.69) is 5.32 Å². The van der Waals surface area contributed by atoms with Crippen molar-refractivity contribution in [3.63, 3.8) is 0 Å². The third-order valence-electron chi connectivity index (χ3n) is 6.64. The molecule has 0 spiro atoms. The van der Waals surface area contributed by atoms with Crippen LogP contribution >= 0.6 is 11.6 Å². The fraction of sp³-hybridized carbons (Fsp3) is 0.542. The van der Waals surface area contributed by atoms with Crippen molar-refractivity contribution in [1.82, 2.24) is 9.88 Å². The van der Waals surface area contributed by atoms with E-state index in [4.69, 9.17) is 16.3 Å². The van der Waals surface area contributed by atoms with Crippen molar-refractivity contribution in [1.29, 1.82) is 0 Å². The molecule has 4 rings (SSSR count). The molecule has 2 aromatic rings. The van der Waals surface area contributed by atoms with Crippen molar-refractivity contribution in [3.8, 4) is 11.3 Å². The fourth-order valence-corrected chi connectivity index (χ4v) is 4.96. The van der Waals surface area contributed by atoms with Crippen LogP contribution in [0.25, 0.3) is 11.3 Å². The topological polar surface area (TPSA) is 63.5 Å². The van der Waals surface area contributed by atoms with Crippen molar-refractivity contribution >= 4 is 17.5 Å². The van der Waals surface area contributed by atoms with Crippen LogP contribution in [0.4, 0.5) is 13.2 Å². The van der Waals surface area contributed by atoms with Gasteiger partial charge in [-0.1, -0.05) is 24.4 Å². The van der Waals surface area contributed by atoms with Gasteiger partial charge in [0.2, 0.25) is 0 Å². The molecule has 0 radical (unpaired) electrons. The van der Waals surface area contributed by atoms with Crippen molar-refractivity contribution < 1.29 is 27.8 Å². The van der Waals surface area contributed by atoms with Gasteiger partial charge >= 0.3 is 6.18 Å². The standard InChI is InChI=1S/C24H28ClF3N2O3/c1-14-17(23(32)29-20-6-2-3-7-22(20)31)12-21(30(14)13-16-5-4-10-33-16)18-11-15(24(26,27)28)8-9-19(18)25/h8-9,11-12,16,20,22,31H,2-7,10,13H2,1H3,(H,29,32)/t16-,20-,22-/m1/s1. The predicted octanol–water partition coefficient (Wildman–Crippen LogP) is 5.35. The Morgan fingerprint density at radius 3 is 2.64 bits per heavy atom. The van der Waals surface area contributed by atoms with Gasteiger partial charge in [0, 0.05) is 29.4 Å². The zero-order valence-electron chi connectivity index (χ0n) is 18.4. The number of rotatable bonds is 5. The van der Waals surface area contributed by atoms with Gasteiger partial charge in [-0.15, -0.1) is 0 Å². The van der Waals surface area contributed by atoms with E-state index >= 15 is 0 Å². The van der Waals surface area contributed by atoms with E-state index in [1.165, 1.54) is 6.07 Å². The van der Waals surface area contributed by atoms with Crippen molar-refractivity contribution in [2.24, 2.45) is 0 Å². The van der Waals surface area contributed by atoms with Crippen LogP contribution in [0.2, 0.25) is 5.02 Å². The van der Waals surface area contributed by atoms with Gasteiger partial charge in [0.1, 0.15) is 0 Å². The highest BCUT2D eigenvalue weighted by atomic mass is 35.5. The number of aliphatic hydroxyl groups excluding tert-OH is 1. The van der Waals surface area contributed by atoms with Crippen LogP contribution < -0.4 is 5.32 Å². The number of aliphatic hydroxyl groups is 1. The quantitative estimate of drug-likeness (QED) is 0.601. The van der Waals surface area contributed by atoms with Gasteiger partial charge in [-0.25, -0.2) is 0 Å². The molecular formula is C24H28ClF3N2O3. The summed E-state index contributed by atoms with van der Waals surface area (Å²) in [6, 6.07) is 4.46. The van der Waals surface area contributed by atoms with Crippen LogP contribution in [-0.2, 0) is 17.5 Å². The van der Waals surface area contributed by atoms with Crippen molar-refractivity contribution in [2.75, 3.05) is 6.61 Å². The Hall–Kier alpha value is -2.03. The third kappa shape index (κ3) is 5.23. The number of hydrogen-bond acceptors (Lipinski definition) is 3. The summed E-state index contributed by atoms with van der Waals surface area (Å²) in [5.74, 6) is -0.353. The molecule has 0 bridgehead atoms. The Morgan fingerprint density at radius 2 is 1.97 bits per heavy atom. The second kappa shape index (κ2) is 9.68.